The van der Waals surface area contributed by atoms with Gasteiger partial charge in [-0.3, -0.25) is 4.79 Å². The number of nitrogens with one attached hydrogen (secondary N) is 1. The second-order valence-corrected chi connectivity index (χ2v) is 7.43. The summed E-state index contributed by atoms with van der Waals surface area (Å²) < 4.78 is 42.9. The first-order valence-electron chi connectivity index (χ1n) is 9.64. The van der Waals surface area contributed by atoms with E-state index < -0.39 is 18.7 Å². The van der Waals surface area contributed by atoms with E-state index in [4.69, 9.17) is 21.2 Å². The quantitative estimate of drug-likeness (QED) is 0.621. The van der Waals surface area contributed by atoms with Gasteiger partial charge in [0.05, 0.1) is 11.8 Å². The van der Waals surface area contributed by atoms with Gasteiger partial charge in [-0.1, -0.05) is 35.3 Å². The van der Waals surface area contributed by atoms with Gasteiger partial charge in [-0.25, -0.2) is 4.98 Å². The molecule has 0 saturated heterocycles. The van der Waals surface area contributed by atoms with E-state index in [1.54, 1.807) is 24.3 Å². The summed E-state index contributed by atoms with van der Waals surface area (Å²) in [7, 11) is 1.44. The van der Waals surface area contributed by atoms with Crippen molar-refractivity contribution in [3.05, 3.63) is 47.1 Å². The average Bonchev–Trinajstić information content (AvgIpc) is 2.74. The third-order valence-corrected chi connectivity index (χ3v) is 4.94. The highest BCUT2D eigenvalue weighted by atomic mass is 35.5. The standard InChI is InChI=1S/C21H21ClF3N3O3/c1-30-28-16-5-3-2-4-15(16)27-20(29)17-10-11-18(31-12-21(23,24)25)19(26-17)13-6-8-14(22)9-7-13/h6-11,15H,2-5,12H2,1H3,(H,27,29). The van der Waals surface area contributed by atoms with E-state index in [1.165, 1.54) is 19.2 Å². The van der Waals surface area contributed by atoms with Crippen molar-refractivity contribution in [1.82, 2.24) is 10.3 Å². The topological polar surface area (TPSA) is 72.8 Å². The van der Waals surface area contributed by atoms with E-state index in [0.29, 0.717) is 23.4 Å². The number of carbonyl (C=O) groups excluding carboxylic acids is 1. The third kappa shape index (κ3) is 6.33. The highest BCUT2D eigenvalue weighted by Crippen LogP contribution is 2.31. The van der Waals surface area contributed by atoms with E-state index in [0.717, 1.165) is 18.6 Å². The van der Waals surface area contributed by atoms with Gasteiger partial charge in [0.2, 0.25) is 0 Å². The molecule has 1 aromatic heterocycles. The average molecular weight is 456 g/mol. The minimum atomic E-state index is -4.51. The summed E-state index contributed by atoms with van der Waals surface area (Å²) in [5, 5.41) is 7.32. The van der Waals surface area contributed by atoms with Crippen molar-refractivity contribution in [2.75, 3.05) is 13.7 Å². The summed E-state index contributed by atoms with van der Waals surface area (Å²) in [4.78, 5) is 22.0. The number of benzene rings is 1. The number of hydrogen-bond donors (Lipinski definition) is 1. The summed E-state index contributed by atoms with van der Waals surface area (Å²) in [6, 6.07) is 8.69. The molecule has 10 heteroatoms. The van der Waals surface area contributed by atoms with Crippen LogP contribution in [0.1, 0.15) is 36.2 Å². The highest BCUT2D eigenvalue weighted by molar-refractivity contribution is 6.30. The molecular formula is C21H21ClF3N3O3. The molecule has 1 fully saturated rings. The van der Waals surface area contributed by atoms with E-state index in [-0.39, 0.29) is 23.2 Å². The molecule has 3 rings (SSSR count). The van der Waals surface area contributed by atoms with Crippen LogP contribution in [0.2, 0.25) is 5.02 Å². The molecule has 1 unspecified atom stereocenters. The van der Waals surface area contributed by atoms with Gasteiger partial charge in [0.1, 0.15) is 24.2 Å². The fraction of sp³-hybridized carbons (Fsp3) is 0.381. The molecule has 0 bridgehead atoms. The van der Waals surface area contributed by atoms with Gasteiger partial charge in [0, 0.05) is 10.6 Å². The lowest BCUT2D eigenvalue weighted by molar-refractivity contribution is -0.153. The minimum absolute atomic E-state index is 0.0478. The smallest absolute Gasteiger partial charge is 0.422 e. The molecule has 1 aromatic carbocycles. The minimum Gasteiger partial charge on any atom is -0.482 e. The number of halogens is 4. The Hall–Kier alpha value is -2.81. The van der Waals surface area contributed by atoms with Crippen molar-refractivity contribution in [3.63, 3.8) is 0 Å². The number of amides is 1. The van der Waals surface area contributed by atoms with Crippen LogP contribution in [0.25, 0.3) is 11.3 Å². The van der Waals surface area contributed by atoms with Crippen LogP contribution in [0.3, 0.4) is 0 Å². The molecule has 2 aromatic rings. The number of pyridine rings is 1. The first-order chi connectivity index (χ1) is 14.8. The molecule has 0 aliphatic heterocycles. The lowest BCUT2D eigenvalue weighted by atomic mass is 9.93. The van der Waals surface area contributed by atoms with Crippen LogP contribution >= 0.6 is 11.6 Å². The first kappa shape index (κ1) is 22.9. The molecule has 0 spiro atoms. The summed E-state index contributed by atoms with van der Waals surface area (Å²) in [6.45, 7) is -1.47. The summed E-state index contributed by atoms with van der Waals surface area (Å²) in [6.07, 6.45) is -1.19. The Balaban J connectivity index is 1.88. The Morgan fingerprint density at radius 3 is 2.65 bits per heavy atom. The van der Waals surface area contributed by atoms with Crippen molar-refractivity contribution < 1.29 is 27.5 Å². The van der Waals surface area contributed by atoms with Crippen LogP contribution in [0, 0.1) is 0 Å². The number of carbonyl (C=O) groups is 1. The number of ether oxygens (including phenoxy) is 1. The van der Waals surface area contributed by atoms with Crippen LogP contribution in [0.5, 0.6) is 5.75 Å². The molecule has 1 aliphatic rings. The molecule has 1 heterocycles. The number of oxime groups is 1. The number of rotatable bonds is 6. The number of aromatic nitrogens is 1. The van der Waals surface area contributed by atoms with Crippen molar-refractivity contribution in [2.45, 2.75) is 37.9 Å². The fourth-order valence-electron chi connectivity index (χ4n) is 3.27. The number of nitrogens with zero attached hydrogens (tertiary/aromatic N) is 2. The Morgan fingerprint density at radius 2 is 1.97 bits per heavy atom. The van der Waals surface area contributed by atoms with Crippen LogP contribution in [-0.4, -0.2) is 42.5 Å². The van der Waals surface area contributed by atoms with Gasteiger partial charge in [-0.15, -0.1) is 0 Å². The molecule has 31 heavy (non-hydrogen) atoms. The molecule has 1 aliphatic carbocycles. The Morgan fingerprint density at radius 1 is 1.23 bits per heavy atom. The van der Waals surface area contributed by atoms with Crippen LogP contribution in [-0.2, 0) is 4.84 Å². The zero-order chi connectivity index (χ0) is 22.4. The normalized spacial score (nSPS) is 18.0. The van der Waals surface area contributed by atoms with Gasteiger partial charge >= 0.3 is 6.18 Å². The fourth-order valence-corrected chi connectivity index (χ4v) is 3.40. The number of alkyl halides is 3. The monoisotopic (exact) mass is 455 g/mol. The predicted molar refractivity (Wildman–Crippen MR) is 110 cm³/mol. The van der Waals surface area contributed by atoms with Crippen LogP contribution in [0.15, 0.2) is 41.6 Å². The van der Waals surface area contributed by atoms with E-state index in [1.807, 2.05) is 0 Å². The molecule has 1 amide bonds. The zero-order valence-corrected chi connectivity index (χ0v) is 17.5. The maximum absolute atomic E-state index is 12.8. The van der Waals surface area contributed by atoms with Gasteiger partial charge in [0.25, 0.3) is 5.91 Å². The van der Waals surface area contributed by atoms with Crippen molar-refractivity contribution in [2.24, 2.45) is 5.16 Å². The maximum atomic E-state index is 12.8. The van der Waals surface area contributed by atoms with Crippen molar-refractivity contribution >= 4 is 23.2 Å². The number of hydrogen-bond acceptors (Lipinski definition) is 5. The van der Waals surface area contributed by atoms with Gasteiger partial charge in [-0.05, 0) is 43.5 Å². The maximum Gasteiger partial charge on any atom is 0.422 e. The van der Waals surface area contributed by atoms with E-state index >= 15 is 0 Å². The Labute approximate surface area is 182 Å². The molecular weight excluding hydrogens is 435 g/mol. The first-order valence-corrected chi connectivity index (χ1v) is 10.0. The lowest BCUT2D eigenvalue weighted by Crippen LogP contribution is -2.43. The molecule has 0 radical (unpaired) electrons. The van der Waals surface area contributed by atoms with Crippen molar-refractivity contribution in [3.8, 4) is 17.0 Å². The molecule has 1 N–H and O–H groups in total. The summed E-state index contributed by atoms with van der Waals surface area (Å²) in [5.41, 5.74) is 1.37. The van der Waals surface area contributed by atoms with Crippen LogP contribution in [0.4, 0.5) is 13.2 Å². The van der Waals surface area contributed by atoms with Crippen molar-refractivity contribution in [1.29, 1.82) is 0 Å². The SMILES string of the molecule is CON=C1CCCCC1NC(=O)c1ccc(OCC(F)(F)F)c(-c2ccc(Cl)cc2)n1. The second-order valence-electron chi connectivity index (χ2n) is 6.99. The Kier molecular flexibility index (Phi) is 7.37. The summed E-state index contributed by atoms with van der Waals surface area (Å²) >= 11 is 5.90. The predicted octanol–water partition coefficient (Wildman–Crippen LogP) is 5.02. The molecule has 1 saturated carbocycles. The van der Waals surface area contributed by atoms with Gasteiger partial charge < -0.3 is 14.9 Å². The van der Waals surface area contributed by atoms with Gasteiger partial charge in [0.15, 0.2) is 6.61 Å². The van der Waals surface area contributed by atoms with Crippen LogP contribution < -0.4 is 10.1 Å². The van der Waals surface area contributed by atoms with E-state index in [9.17, 15) is 18.0 Å². The second kappa shape index (κ2) is 10.00. The zero-order valence-electron chi connectivity index (χ0n) is 16.7. The molecule has 1 atom stereocenters. The van der Waals surface area contributed by atoms with Gasteiger partial charge in [-0.2, -0.15) is 13.2 Å². The molecule has 166 valence electrons. The largest absolute Gasteiger partial charge is 0.482 e. The van der Waals surface area contributed by atoms with E-state index in [2.05, 4.69) is 15.5 Å². The lowest BCUT2D eigenvalue weighted by Gasteiger charge is -2.24. The highest BCUT2D eigenvalue weighted by Gasteiger charge is 2.29. The third-order valence-electron chi connectivity index (χ3n) is 4.69. The molecule has 6 nitrogen and oxygen atoms in total. The Bertz CT molecular complexity index is 949. The summed E-state index contributed by atoms with van der Waals surface area (Å²) in [5.74, 6) is -0.552.